The number of amides is 2. The van der Waals surface area contributed by atoms with E-state index in [9.17, 15) is 9.59 Å². The summed E-state index contributed by atoms with van der Waals surface area (Å²) in [5.74, 6) is -0.510. The summed E-state index contributed by atoms with van der Waals surface area (Å²) in [4.78, 5) is 35.5. The standard InChI is InChI=1S/C15H21N5O2S2/c1-4-9-11(24-10(19-9)6-5-7-16)15(22)20(3)14-12(13(17)21)23-8(2)18-14/h4-7,16H2,1-3H3,(H2,17,21). The van der Waals surface area contributed by atoms with Crippen molar-refractivity contribution in [3.8, 4) is 0 Å². The van der Waals surface area contributed by atoms with Crippen molar-refractivity contribution in [1.82, 2.24) is 9.97 Å². The van der Waals surface area contributed by atoms with Gasteiger partial charge in [0.2, 0.25) is 0 Å². The first-order valence-corrected chi connectivity index (χ1v) is 9.26. The van der Waals surface area contributed by atoms with Gasteiger partial charge in [-0.05, 0) is 26.3 Å². The molecule has 0 radical (unpaired) electrons. The van der Waals surface area contributed by atoms with Gasteiger partial charge >= 0.3 is 0 Å². The van der Waals surface area contributed by atoms with Gasteiger partial charge in [-0.1, -0.05) is 6.92 Å². The van der Waals surface area contributed by atoms with Crippen LogP contribution in [0.25, 0.3) is 0 Å². The van der Waals surface area contributed by atoms with E-state index in [-0.39, 0.29) is 10.8 Å². The number of aromatic nitrogens is 2. The summed E-state index contributed by atoms with van der Waals surface area (Å²) >= 11 is 2.56. The molecule has 2 rings (SSSR count). The van der Waals surface area contributed by atoms with Crippen molar-refractivity contribution in [3.05, 3.63) is 25.5 Å². The van der Waals surface area contributed by atoms with Crippen LogP contribution in [0.5, 0.6) is 0 Å². The maximum absolute atomic E-state index is 12.9. The molecule has 130 valence electrons. The predicted octanol–water partition coefficient (Wildman–Crippen LogP) is 1.74. The van der Waals surface area contributed by atoms with Crippen molar-refractivity contribution in [1.29, 1.82) is 0 Å². The number of carbonyl (C=O) groups is 2. The van der Waals surface area contributed by atoms with Gasteiger partial charge in [-0.15, -0.1) is 22.7 Å². The van der Waals surface area contributed by atoms with Crippen molar-refractivity contribution in [3.63, 3.8) is 0 Å². The molecule has 0 bridgehead atoms. The Labute approximate surface area is 148 Å². The van der Waals surface area contributed by atoms with E-state index in [0.29, 0.717) is 28.7 Å². The first-order valence-electron chi connectivity index (χ1n) is 7.62. The fourth-order valence-corrected chi connectivity index (χ4v) is 4.19. The summed E-state index contributed by atoms with van der Waals surface area (Å²) in [5, 5.41) is 1.58. The Kier molecular flexibility index (Phi) is 6.03. The van der Waals surface area contributed by atoms with Gasteiger partial charge in [0, 0.05) is 13.5 Å². The van der Waals surface area contributed by atoms with Crippen molar-refractivity contribution in [2.24, 2.45) is 11.5 Å². The molecule has 2 aromatic heterocycles. The maximum Gasteiger partial charge on any atom is 0.271 e. The highest BCUT2D eigenvalue weighted by atomic mass is 32.1. The third kappa shape index (κ3) is 3.80. The van der Waals surface area contributed by atoms with Crippen LogP contribution in [0.2, 0.25) is 0 Å². The zero-order chi connectivity index (χ0) is 17.9. The van der Waals surface area contributed by atoms with E-state index in [1.807, 2.05) is 6.92 Å². The minimum Gasteiger partial charge on any atom is -0.365 e. The van der Waals surface area contributed by atoms with Crippen LogP contribution in [-0.4, -0.2) is 35.4 Å². The second-order valence-electron chi connectivity index (χ2n) is 5.24. The molecule has 24 heavy (non-hydrogen) atoms. The third-order valence-electron chi connectivity index (χ3n) is 3.43. The highest BCUT2D eigenvalue weighted by molar-refractivity contribution is 7.14. The van der Waals surface area contributed by atoms with Crippen LogP contribution in [-0.2, 0) is 12.8 Å². The van der Waals surface area contributed by atoms with E-state index in [0.717, 1.165) is 23.5 Å². The highest BCUT2D eigenvalue weighted by Crippen LogP contribution is 2.28. The minimum absolute atomic E-state index is 0.226. The summed E-state index contributed by atoms with van der Waals surface area (Å²) in [6.45, 7) is 4.32. The number of nitrogens with zero attached hydrogens (tertiary/aromatic N) is 3. The number of carbonyl (C=O) groups excluding carboxylic acids is 2. The molecular weight excluding hydrogens is 346 g/mol. The Balaban J connectivity index is 2.34. The molecule has 4 N–H and O–H groups in total. The lowest BCUT2D eigenvalue weighted by molar-refractivity contribution is 0.0995. The largest absolute Gasteiger partial charge is 0.365 e. The van der Waals surface area contributed by atoms with Gasteiger partial charge in [-0.3, -0.25) is 14.5 Å². The number of thiazole rings is 2. The molecule has 9 heteroatoms. The van der Waals surface area contributed by atoms with Crippen LogP contribution in [0.3, 0.4) is 0 Å². The lowest BCUT2D eigenvalue weighted by Crippen LogP contribution is -2.28. The van der Waals surface area contributed by atoms with E-state index in [2.05, 4.69) is 9.97 Å². The van der Waals surface area contributed by atoms with Crippen molar-refractivity contribution in [2.45, 2.75) is 33.1 Å². The fraction of sp³-hybridized carbons (Fsp3) is 0.467. The summed E-state index contributed by atoms with van der Waals surface area (Å²) < 4.78 is 0. The fourth-order valence-electron chi connectivity index (χ4n) is 2.22. The molecule has 0 spiro atoms. The quantitative estimate of drug-likeness (QED) is 0.773. The summed E-state index contributed by atoms with van der Waals surface area (Å²) in [5.41, 5.74) is 11.7. The Morgan fingerprint density at radius 1 is 1.21 bits per heavy atom. The van der Waals surface area contributed by atoms with Gasteiger partial charge in [0.25, 0.3) is 11.8 Å². The monoisotopic (exact) mass is 367 g/mol. The summed E-state index contributed by atoms with van der Waals surface area (Å²) in [6.07, 6.45) is 2.25. The zero-order valence-corrected chi connectivity index (χ0v) is 15.6. The second-order valence-corrected chi connectivity index (χ2v) is 7.53. The summed E-state index contributed by atoms with van der Waals surface area (Å²) in [6, 6.07) is 0. The molecule has 2 amide bonds. The molecule has 0 aromatic carbocycles. The molecule has 0 unspecified atom stereocenters. The number of aryl methyl sites for hydroxylation is 3. The van der Waals surface area contributed by atoms with Gasteiger partial charge < -0.3 is 11.5 Å². The number of hydrogen-bond donors (Lipinski definition) is 2. The van der Waals surface area contributed by atoms with Crippen LogP contribution in [0, 0.1) is 6.92 Å². The molecule has 7 nitrogen and oxygen atoms in total. The molecule has 0 fully saturated rings. The summed E-state index contributed by atoms with van der Waals surface area (Å²) in [7, 11) is 1.60. The number of anilines is 1. The van der Waals surface area contributed by atoms with E-state index in [1.165, 1.54) is 27.6 Å². The first-order chi connectivity index (χ1) is 11.4. The number of primary amides is 1. The first kappa shape index (κ1) is 18.5. The number of rotatable bonds is 7. The van der Waals surface area contributed by atoms with Crippen LogP contribution < -0.4 is 16.4 Å². The molecule has 0 aliphatic carbocycles. The molecule has 2 aromatic rings. The van der Waals surface area contributed by atoms with E-state index >= 15 is 0 Å². The van der Waals surface area contributed by atoms with Gasteiger partial charge in [0.05, 0.1) is 15.7 Å². The lowest BCUT2D eigenvalue weighted by Gasteiger charge is -2.15. The van der Waals surface area contributed by atoms with Crippen molar-refractivity contribution >= 4 is 40.3 Å². The molecule has 0 atom stereocenters. The normalized spacial score (nSPS) is 10.8. The van der Waals surface area contributed by atoms with Gasteiger partial charge in [-0.25, -0.2) is 9.97 Å². The molecule has 0 aliphatic heterocycles. The zero-order valence-electron chi connectivity index (χ0n) is 14.0. The minimum atomic E-state index is -0.584. The average molecular weight is 368 g/mol. The van der Waals surface area contributed by atoms with Crippen molar-refractivity contribution < 1.29 is 9.59 Å². The number of nitrogens with two attached hydrogens (primary N) is 2. The smallest absolute Gasteiger partial charge is 0.271 e. The second kappa shape index (κ2) is 7.82. The Bertz CT molecular complexity index is 753. The van der Waals surface area contributed by atoms with Crippen LogP contribution >= 0.6 is 22.7 Å². The third-order valence-corrected chi connectivity index (χ3v) is 5.55. The van der Waals surface area contributed by atoms with Crippen LogP contribution in [0.15, 0.2) is 0 Å². The van der Waals surface area contributed by atoms with Gasteiger partial charge in [-0.2, -0.15) is 0 Å². The maximum atomic E-state index is 12.9. The molecular formula is C15H21N5O2S2. The van der Waals surface area contributed by atoms with Crippen LogP contribution in [0.1, 0.15) is 48.4 Å². The van der Waals surface area contributed by atoms with Gasteiger partial charge in [0.15, 0.2) is 5.82 Å². The van der Waals surface area contributed by atoms with E-state index in [4.69, 9.17) is 11.5 Å². The van der Waals surface area contributed by atoms with Crippen molar-refractivity contribution in [2.75, 3.05) is 18.5 Å². The number of hydrogen-bond acceptors (Lipinski definition) is 7. The molecule has 2 heterocycles. The predicted molar refractivity (Wildman–Crippen MR) is 97.0 cm³/mol. The topological polar surface area (TPSA) is 115 Å². The lowest BCUT2D eigenvalue weighted by atomic mass is 10.2. The molecule has 0 saturated heterocycles. The average Bonchev–Trinajstić information content (AvgIpc) is 3.14. The van der Waals surface area contributed by atoms with E-state index in [1.54, 1.807) is 14.0 Å². The molecule has 0 aliphatic rings. The Hall–Kier alpha value is -1.84. The highest BCUT2D eigenvalue weighted by Gasteiger charge is 2.26. The SMILES string of the molecule is CCc1nc(CCCN)sc1C(=O)N(C)c1nc(C)sc1C(N)=O. The Morgan fingerprint density at radius 2 is 1.92 bits per heavy atom. The van der Waals surface area contributed by atoms with E-state index < -0.39 is 5.91 Å². The van der Waals surface area contributed by atoms with Crippen LogP contribution in [0.4, 0.5) is 5.82 Å². The van der Waals surface area contributed by atoms with Gasteiger partial charge in [0.1, 0.15) is 9.75 Å². The molecule has 0 saturated carbocycles. The Morgan fingerprint density at radius 3 is 2.50 bits per heavy atom.